The van der Waals surface area contributed by atoms with Crippen molar-refractivity contribution in [2.45, 2.75) is 38.8 Å². The fourth-order valence-corrected chi connectivity index (χ4v) is 3.79. The van der Waals surface area contributed by atoms with Crippen LogP contribution in [0.3, 0.4) is 0 Å². The van der Waals surface area contributed by atoms with Crippen LogP contribution in [0.25, 0.3) is 0 Å². The lowest BCUT2D eigenvalue weighted by molar-refractivity contribution is 0.0445. The Morgan fingerprint density at radius 3 is 2.65 bits per heavy atom. The van der Waals surface area contributed by atoms with Gasteiger partial charge in [-0.25, -0.2) is 0 Å². The molecule has 0 bridgehead atoms. The standard InChI is InChI=1S/C15H21Br2NO2/c1-3-20-14-11(8-12(16)9-13(14)17)10-18-15(2)4-6-19-7-5-15/h8-9,18H,3-7,10H2,1-2H3. The molecule has 1 fully saturated rings. The van der Waals surface area contributed by atoms with Gasteiger partial charge < -0.3 is 14.8 Å². The molecule has 0 radical (unpaired) electrons. The highest BCUT2D eigenvalue weighted by atomic mass is 79.9. The van der Waals surface area contributed by atoms with E-state index in [4.69, 9.17) is 9.47 Å². The average Bonchev–Trinajstić information content (AvgIpc) is 2.41. The van der Waals surface area contributed by atoms with E-state index in [1.807, 2.05) is 13.0 Å². The smallest absolute Gasteiger partial charge is 0.138 e. The zero-order chi connectivity index (χ0) is 14.6. The minimum atomic E-state index is 0.149. The summed E-state index contributed by atoms with van der Waals surface area (Å²) in [6.07, 6.45) is 2.10. The summed E-state index contributed by atoms with van der Waals surface area (Å²) >= 11 is 7.12. The third-order valence-corrected chi connectivity index (χ3v) is 4.72. The first-order valence-corrected chi connectivity index (χ1v) is 8.56. The highest BCUT2D eigenvalue weighted by Gasteiger charge is 2.27. The summed E-state index contributed by atoms with van der Waals surface area (Å²) < 4.78 is 13.2. The Bertz CT molecular complexity index is 459. The normalized spacial score (nSPS) is 18.0. The summed E-state index contributed by atoms with van der Waals surface area (Å²) in [7, 11) is 0. The molecule has 0 amide bonds. The second-order valence-electron chi connectivity index (χ2n) is 5.34. The number of hydrogen-bond acceptors (Lipinski definition) is 3. The van der Waals surface area contributed by atoms with Crippen LogP contribution in [0.2, 0.25) is 0 Å². The van der Waals surface area contributed by atoms with Gasteiger partial charge in [0.15, 0.2) is 0 Å². The molecule has 2 rings (SSSR count). The first-order chi connectivity index (χ1) is 9.54. The lowest BCUT2D eigenvalue weighted by atomic mass is 9.92. The van der Waals surface area contributed by atoms with Crippen LogP contribution < -0.4 is 10.1 Å². The van der Waals surface area contributed by atoms with Crippen LogP contribution in [0, 0.1) is 0 Å². The Balaban J connectivity index is 2.11. The van der Waals surface area contributed by atoms with Crippen molar-refractivity contribution in [2.75, 3.05) is 19.8 Å². The molecule has 1 N–H and O–H groups in total. The third kappa shape index (κ3) is 4.20. The molecule has 1 aliphatic rings. The Labute approximate surface area is 137 Å². The van der Waals surface area contributed by atoms with Crippen molar-refractivity contribution in [3.05, 3.63) is 26.6 Å². The van der Waals surface area contributed by atoms with Crippen LogP contribution in [-0.2, 0) is 11.3 Å². The predicted molar refractivity (Wildman–Crippen MR) is 88.3 cm³/mol. The summed E-state index contributed by atoms with van der Waals surface area (Å²) in [5, 5.41) is 3.67. The molecule has 1 saturated heterocycles. The Morgan fingerprint density at radius 1 is 1.30 bits per heavy atom. The maximum atomic E-state index is 5.76. The SMILES string of the molecule is CCOc1c(Br)cc(Br)cc1CNC1(C)CCOCC1. The van der Waals surface area contributed by atoms with Gasteiger partial charge in [0.05, 0.1) is 11.1 Å². The van der Waals surface area contributed by atoms with Crippen LogP contribution in [0.1, 0.15) is 32.3 Å². The number of benzene rings is 1. The van der Waals surface area contributed by atoms with Crippen molar-refractivity contribution in [1.29, 1.82) is 0 Å². The molecule has 0 aliphatic carbocycles. The first-order valence-electron chi connectivity index (χ1n) is 6.97. The molecular weight excluding hydrogens is 386 g/mol. The zero-order valence-corrected chi connectivity index (χ0v) is 15.1. The molecule has 1 aliphatic heterocycles. The molecule has 1 aromatic rings. The van der Waals surface area contributed by atoms with E-state index in [1.165, 1.54) is 5.56 Å². The lowest BCUT2D eigenvalue weighted by Gasteiger charge is -2.35. The van der Waals surface area contributed by atoms with Gasteiger partial charge in [-0.2, -0.15) is 0 Å². The van der Waals surface area contributed by atoms with Crippen molar-refractivity contribution < 1.29 is 9.47 Å². The predicted octanol–water partition coefficient (Wildman–Crippen LogP) is 4.27. The van der Waals surface area contributed by atoms with E-state index >= 15 is 0 Å². The van der Waals surface area contributed by atoms with Gasteiger partial charge in [-0.3, -0.25) is 0 Å². The summed E-state index contributed by atoms with van der Waals surface area (Å²) in [4.78, 5) is 0. The van der Waals surface area contributed by atoms with Crippen LogP contribution >= 0.6 is 31.9 Å². The van der Waals surface area contributed by atoms with Crippen molar-refractivity contribution in [3.63, 3.8) is 0 Å². The van der Waals surface area contributed by atoms with Crippen molar-refractivity contribution in [3.8, 4) is 5.75 Å². The van der Waals surface area contributed by atoms with Crippen molar-refractivity contribution >= 4 is 31.9 Å². The van der Waals surface area contributed by atoms with Gasteiger partial charge in [0.1, 0.15) is 5.75 Å². The molecule has 0 unspecified atom stereocenters. The van der Waals surface area contributed by atoms with Gasteiger partial charge in [-0.15, -0.1) is 0 Å². The molecule has 20 heavy (non-hydrogen) atoms. The van der Waals surface area contributed by atoms with Crippen LogP contribution in [0.4, 0.5) is 0 Å². The Morgan fingerprint density at radius 2 is 2.00 bits per heavy atom. The zero-order valence-electron chi connectivity index (χ0n) is 12.0. The molecule has 0 saturated carbocycles. The summed E-state index contributed by atoms with van der Waals surface area (Å²) in [6.45, 7) is 7.41. The van der Waals surface area contributed by atoms with Crippen molar-refractivity contribution in [1.82, 2.24) is 5.32 Å². The molecule has 1 aromatic carbocycles. The van der Waals surface area contributed by atoms with Crippen LogP contribution in [0.5, 0.6) is 5.75 Å². The van der Waals surface area contributed by atoms with E-state index in [0.717, 1.165) is 47.3 Å². The Hall–Kier alpha value is -0.100. The minimum absolute atomic E-state index is 0.149. The number of nitrogens with one attached hydrogen (secondary N) is 1. The van der Waals surface area contributed by atoms with E-state index < -0.39 is 0 Å². The lowest BCUT2D eigenvalue weighted by Crippen LogP contribution is -2.46. The molecule has 3 nitrogen and oxygen atoms in total. The number of ether oxygens (including phenoxy) is 2. The van der Waals surface area contributed by atoms with Gasteiger partial charge in [-0.05, 0) is 54.8 Å². The molecule has 0 spiro atoms. The van der Waals surface area contributed by atoms with E-state index in [1.54, 1.807) is 0 Å². The van der Waals surface area contributed by atoms with Crippen molar-refractivity contribution in [2.24, 2.45) is 0 Å². The van der Waals surface area contributed by atoms with Crippen LogP contribution in [0.15, 0.2) is 21.1 Å². The molecule has 0 atom stereocenters. The monoisotopic (exact) mass is 405 g/mol. The second kappa shape index (κ2) is 7.25. The van der Waals surface area contributed by atoms with E-state index in [9.17, 15) is 0 Å². The Kier molecular flexibility index (Phi) is 5.90. The topological polar surface area (TPSA) is 30.5 Å². The van der Waals surface area contributed by atoms with Gasteiger partial charge in [0.25, 0.3) is 0 Å². The van der Waals surface area contributed by atoms with E-state index in [0.29, 0.717) is 6.61 Å². The van der Waals surface area contributed by atoms with Gasteiger partial charge in [0.2, 0.25) is 0 Å². The van der Waals surface area contributed by atoms with E-state index in [2.05, 4.69) is 50.2 Å². The molecule has 1 heterocycles. The number of hydrogen-bond donors (Lipinski definition) is 1. The third-order valence-electron chi connectivity index (χ3n) is 3.68. The van der Waals surface area contributed by atoms with Crippen LogP contribution in [-0.4, -0.2) is 25.4 Å². The minimum Gasteiger partial charge on any atom is -0.492 e. The largest absolute Gasteiger partial charge is 0.492 e. The quantitative estimate of drug-likeness (QED) is 0.791. The fourth-order valence-electron chi connectivity index (χ4n) is 2.36. The molecule has 112 valence electrons. The molecular formula is C15H21Br2NO2. The fraction of sp³-hybridized carbons (Fsp3) is 0.600. The maximum Gasteiger partial charge on any atom is 0.138 e. The van der Waals surface area contributed by atoms with Gasteiger partial charge >= 0.3 is 0 Å². The average molecular weight is 407 g/mol. The highest BCUT2D eigenvalue weighted by Crippen LogP contribution is 2.33. The number of rotatable bonds is 5. The van der Waals surface area contributed by atoms with Gasteiger partial charge in [-0.1, -0.05) is 15.9 Å². The second-order valence-corrected chi connectivity index (χ2v) is 7.11. The summed E-state index contributed by atoms with van der Waals surface area (Å²) in [5.74, 6) is 0.929. The first kappa shape index (κ1) is 16.3. The molecule has 0 aromatic heterocycles. The maximum absolute atomic E-state index is 5.76. The highest BCUT2D eigenvalue weighted by molar-refractivity contribution is 9.11. The summed E-state index contributed by atoms with van der Waals surface area (Å²) in [5.41, 5.74) is 1.32. The van der Waals surface area contributed by atoms with E-state index in [-0.39, 0.29) is 5.54 Å². The number of halogens is 2. The molecule has 5 heteroatoms. The van der Waals surface area contributed by atoms with Gasteiger partial charge in [0, 0.05) is 35.3 Å². The summed E-state index contributed by atoms with van der Waals surface area (Å²) in [6, 6.07) is 4.14.